The van der Waals surface area contributed by atoms with Gasteiger partial charge >= 0.3 is 6.09 Å². The van der Waals surface area contributed by atoms with Crippen LogP contribution in [0.3, 0.4) is 0 Å². The van der Waals surface area contributed by atoms with Crippen LogP contribution in [-0.2, 0) is 14.8 Å². The average Bonchev–Trinajstić information content (AvgIpc) is 3.15. The van der Waals surface area contributed by atoms with Crippen LogP contribution >= 0.6 is 0 Å². The molecule has 0 saturated heterocycles. The normalized spacial score (nSPS) is 15.6. The zero-order valence-corrected chi connectivity index (χ0v) is 15.7. The lowest BCUT2D eigenvalue weighted by molar-refractivity contribution is -0.116. The predicted molar refractivity (Wildman–Crippen MR) is 90.6 cm³/mol. The monoisotopic (exact) mass is 376 g/mol. The van der Waals surface area contributed by atoms with Gasteiger partial charge in [-0.25, -0.2) is 18.4 Å². The molecule has 1 aromatic rings. The zero-order valence-electron chi connectivity index (χ0n) is 14.8. The van der Waals surface area contributed by atoms with Gasteiger partial charge in [-0.3, -0.25) is 4.79 Å². The van der Waals surface area contributed by atoms with Crippen LogP contribution in [0.5, 0.6) is 0 Å². The van der Waals surface area contributed by atoms with E-state index in [4.69, 9.17) is 14.8 Å². The second-order valence-electron chi connectivity index (χ2n) is 6.87. The largest absolute Gasteiger partial charge is 0.465 e. The number of anilines is 1. The predicted octanol–water partition coefficient (Wildman–Crippen LogP) is 1.10. The maximum atomic E-state index is 11.9. The van der Waals surface area contributed by atoms with Crippen LogP contribution < -0.4 is 15.8 Å². The summed E-state index contributed by atoms with van der Waals surface area (Å²) in [4.78, 5) is 21.8. The fourth-order valence-electron chi connectivity index (χ4n) is 1.96. The Morgan fingerprint density at radius 3 is 2.04 bits per heavy atom. The molecule has 1 aromatic heterocycles. The molecule has 2 amide bonds. The topological polar surface area (TPSA) is 165 Å². The van der Waals surface area contributed by atoms with Gasteiger partial charge in [0.05, 0.1) is 0 Å². The van der Waals surface area contributed by atoms with Crippen LogP contribution in [0.25, 0.3) is 0 Å². The number of nitrogens with zero attached hydrogens (tertiary/aromatic N) is 1. The number of hydrogen-bond acceptors (Lipinski definition) is 6. The number of amides is 2. The van der Waals surface area contributed by atoms with Crippen molar-refractivity contribution in [2.24, 2.45) is 5.14 Å². The van der Waals surface area contributed by atoms with E-state index in [-0.39, 0.29) is 18.4 Å². The third-order valence-corrected chi connectivity index (χ3v) is 5.10. The molecule has 1 saturated carbocycles. The summed E-state index contributed by atoms with van der Waals surface area (Å²) >= 11 is 0. The number of carbonyl (C=O) groups is 2. The van der Waals surface area contributed by atoms with Crippen molar-refractivity contribution in [1.82, 2.24) is 10.5 Å². The molecular formula is C14H24N4O6S. The number of carbonyl (C=O) groups excluding carboxylic acids is 1. The minimum atomic E-state index is -3.88. The van der Waals surface area contributed by atoms with Gasteiger partial charge in [-0.2, -0.15) is 0 Å². The lowest BCUT2D eigenvalue weighted by atomic mass is 10.1. The van der Waals surface area contributed by atoms with Gasteiger partial charge < -0.3 is 20.3 Å². The summed E-state index contributed by atoms with van der Waals surface area (Å²) in [5, 5.41) is 21.7. The fourth-order valence-corrected chi connectivity index (χ4v) is 2.94. The molecule has 0 unspecified atom stereocenters. The highest BCUT2D eigenvalue weighted by atomic mass is 32.2. The van der Waals surface area contributed by atoms with Crippen LogP contribution in [0.4, 0.5) is 10.5 Å². The first-order valence-electron chi connectivity index (χ1n) is 7.47. The molecule has 11 heteroatoms. The standard InChI is InChI=1S/C9H13N3O4S.C5H11NO2/c1-5-7(6(2)16-12-5)11-8(13)9(3-4-9)17(10,14)15;1-5(2,3)6-4(7)8/h3-4H2,1-2H3,(H,11,13)(H2,10,14,15);6H,1-3H3,(H,7,8). The van der Waals surface area contributed by atoms with Crippen molar-refractivity contribution in [3.05, 3.63) is 11.5 Å². The molecule has 0 bridgehead atoms. The number of aromatic nitrogens is 1. The molecule has 10 nitrogen and oxygen atoms in total. The van der Waals surface area contributed by atoms with Gasteiger partial charge in [0.15, 0.2) is 10.5 Å². The molecule has 0 radical (unpaired) electrons. The van der Waals surface area contributed by atoms with E-state index in [1.807, 2.05) is 0 Å². The van der Waals surface area contributed by atoms with E-state index in [9.17, 15) is 18.0 Å². The second kappa shape index (κ2) is 7.00. The van der Waals surface area contributed by atoms with Crippen molar-refractivity contribution in [2.75, 3.05) is 5.32 Å². The smallest absolute Gasteiger partial charge is 0.405 e. The van der Waals surface area contributed by atoms with Gasteiger partial charge in [-0.05, 0) is 47.5 Å². The van der Waals surface area contributed by atoms with Crippen LogP contribution in [0.2, 0.25) is 0 Å². The molecule has 142 valence electrons. The summed E-state index contributed by atoms with van der Waals surface area (Å²) in [6, 6.07) is 0. The maximum absolute atomic E-state index is 11.9. The molecule has 1 aliphatic carbocycles. The molecule has 0 spiro atoms. The van der Waals surface area contributed by atoms with E-state index in [2.05, 4.69) is 15.8 Å². The molecule has 0 aromatic carbocycles. The average molecular weight is 376 g/mol. The van der Waals surface area contributed by atoms with E-state index in [0.717, 1.165) is 0 Å². The summed E-state index contributed by atoms with van der Waals surface area (Å²) in [5.41, 5.74) is 0.581. The minimum Gasteiger partial charge on any atom is -0.465 e. The summed E-state index contributed by atoms with van der Waals surface area (Å²) < 4.78 is 26.1. The van der Waals surface area contributed by atoms with Gasteiger partial charge in [-0.1, -0.05) is 5.16 Å². The van der Waals surface area contributed by atoms with E-state index in [1.54, 1.807) is 34.6 Å². The SMILES string of the molecule is CC(C)(C)NC(=O)O.Cc1noc(C)c1NC(=O)C1(S(N)(=O)=O)CC1. The summed E-state index contributed by atoms with van der Waals surface area (Å²) in [6.45, 7) is 8.66. The Labute approximate surface area is 146 Å². The number of sulfonamides is 1. The summed E-state index contributed by atoms with van der Waals surface area (Å²) in [7, 11) is -3.88. The van der Waals surface area contributed by atoms with Crippen molar-refractivity contribution in [3.8, 4) is 0 Å². The molecule has 1 heterocycles. The first-order valence-corrected chi connectivity index (χ1v) is 9.02. The number of nitrogens with one attached hydrogen (secondary N) is 2. The number of hydrogen-bond donors (Lipinski definition) is 4. The fraction of sp³-hybridized carbons (Fsp3) is 0.643. The number of rotatable bonds is 3. The number of carboxylic acid groups (broad SMARTS) is 1. The van der Waals surface area contributed by atoms with Gasteiger partial charge in [-0.15, -0.1) is 0 Å². The first-order chi connectivity index (χ1) is 11.2. The van der Waals surface area contributed by atoms with E-state index in [0.29, 0.717) is 17.1 Å². The Hall–Kier alpha value is -2.14. The molecule has 2 rings (SSSR count). The quantitative estimate of drug-likeness (QED) is 0.613. The van der Waals surface area contributed by atoms with Crippen LogP contribution in [-0.4, -0.2) is 41.0 Å². The minimum absolute atomic E-state index is 0.251. The lowest BCUT2D eigenvalue weighted by Gasteiger charge is -2.16. The molecule has 0 atom stereocenters. The Morgan fingerprint density at radius 2 is 1.80 bits per heavy atom. The Morgan fingerprint density at radius 1 is 1.28 bits per heavy atom. The zero-order chi connectivity index (χ0) is 19.6. The second-order valence-corrected chi connectivity index (χ2v) is 8.74. The van der Waals surface area contributed by atoms with Crippen molar-refractivity contribution >= 4 is 27.7 Å². The highest BCUT2D eigenvalue weighted by Gasteiger charge is 2.59. The molecule has 5 N–H and O–H groups in total. The molecule has 1 fully saturated rings. The maximum Gasteiger partial charge on any atom is 0.405 e. The van der Waals surface area contributed by atoms with Crippen molar-refractivity contribution in [3.63, 3.8) is 0 Å². The third kappa shape index (κ3) is 5.43. The van der Waals surface area contributed by atoms with Crippen LogP contribution in [0, 0.1) is 13.8 Å². The van der Waals surface area contributed by atoms with E-state index >= 15 is 0 Å². The first kappa shape index (κ1) is 20.9. The van der Waals surface area contributed by atoms with Gasteiger partial charge in [0, 0.05) is 5.54 Å². The number of primary sulfonamides is 1. The van der Waals surface area contributed by atoms with Crippen molar-refractivity contribution in [2.45, 2.75) is 57.7 Å². The molecule has 25 heavy (non-hydrogen) atoms. The van der Waals surface area contributed by atoms with Crippen molar-refractivity contribution < 1.29 is 27.6 Å². The van der Waals surface area contributed by atoms with E-state index in [1.165, 1.54) is 0 Å². The number of nitrogens with two attached hydrogens (primary N) is 1. The lowest BCUT2D eigenvalue weighted by Crippen LogP contribution is -2.41. The van der Waals surface area contributed by atoms with Gasteiger partial charge in [0.25, 0.3) is 0 Å². The molecule has 0 aliphatic heterocycles. The number of aryl methyl sites for hydroxylation is 2. The van der Waals surface area contributed by atoms with E-state index < -0.39 is 26.8 Å². The molecule has 1 aliphatic rings. The Bertz CT molecular complexity index is 739. The van der Waals surface area contributed by atoms with Gasteiger partial charge in [0.2, 0.25) is 15.9 Å². The van der Waals surface area contributed by atoms with Crippen molar-refractivity contribution in [1.29, 1.82) is 0 Å². The highest BCUT2D eigenvalue weighted by molar-refractivity contribution is 7.91. The highest BCUT2D eigenvalue weighted by Crippen LogP contribution is 2.43. The summed E-state index contributed by atoms with van der Waals surface area (Å²) in [5.74, 6) is -0.185. The third-order valence-electron chi connectivity index (χ3n) is 3.42. The van der Waals surface area contributed by atoms with Crippen LogP contribution in [0.15, 0.2) is 4.52 Å². The van der Waals surface area contributed by atoms with Gasteiger partial charge in [0.1, 0.15) is 11.4 Å². The summed E-state index contributed by atoms with van der Waals surface area (Å²) in [6.07, 6.45) is -0.472. The Balaban J connectivity index is 0.000000333. The Kier molecular flexibility index (Phi) is 5.85. The van der Waals surface area contributed by atoms with Crippen LogP contribution in [0.1, 0.15) is 45.1 Å². The molecular weight excluding hydrogens is 352 g/mol.